The molecule has 8 rings (SSSR count). The predicted molar refractivity (Wildman–Crippen MR) is 202 cm³/mol. The van der Waals surface area contributed by atoms with Crippen LogP contribution >= 0.6 is 26.0 Å². The zero-order valence-corrected chi connectivity index (χ0v) is 32.5. The van der Waals surface area contributed by atoms with Gasteiger partial charge in [0, 0.05) is 29.3 Å². The van der Waals surface area contributed by atoms with Crippen LogP contribution in [0, 0.1) is 0 Å². The second-order valence-electron chi connectivity index (χ2n) is 13.2. The van der Waals surface area contributed by atoms with Gasteiger partial charge in [0.05, 0.1) is 19.5 Å². The molecule has 312 valence electrons. The Labute approximate surface area is 333 Å². The van der Waals surface area contributed by atoms with Gasteiger partial charge in [-0.25, -0.2) is 37.7 Å². The highest BCUT2D eigenvalue weighted by Gasteiger charge is 2.55. The standard InChI is InChI=1S/C33H32F2N8O13P2S/c34-23-21-12-52-58(50,59-13-16-1-5-18(6-2-16)40-30(46)17-3-7-19(44)8-4-17)56-27-24(35)20(54-32(27)43-15-39-25-28(36)37-14-38-29(25)43)11-51-57(48,49)55-26(23)31(53-21)42-10-9-22(45)41-33(42)47/h1-10,14-15,20-21,23-24,26-27,31-32,44H,11-13H2,(H,40,46)(H,48,49)(H2,36,37,38)(H,41,45,47)/t20-,21-,23-,24-,26-,27-,31-,32-,58?/m1/s1. The number of imidazole rings is 1. The van der Waals surface area contributed by atoms with Crippen LogP contribution in [0.5, 0.6) is 5.75 Å². The Balaban J connectivity index is 1.10. The van der Waals surface area contributed by atoms with Gasteiger partial charge in [-0.1, -0.05) is 12.1 Å². The summed E-state index contributed by atoms with van der Waals surface area (Å²) in [6.07, 6.45) is -11.9. The van der Waals surface area contributed by atoms with Crippen LogP contribution in [-0.2, 0) is 42.5 Å². The van der Waals surface area contributed by atoms with Crippen LogP contribution in [0.3, 0.4) is 0 Å². The van der Waals surface area contributed by atoms with E-state index in [-0.39, 0.29) is 28.5 Å². The van der Waals surface area contributed by atoms with Crippen molar-refractivity contribution in [3.05, 3.63) is 105 Å². The number of anilines is 2. The number of ether oxygens (including phenoxy) is 2. The molecule has 3 aromatic heterocycles. The monoisotopic (exact) mass is 880 g/mol. The van der Waals surface area contributed by atoms with Crippen molar-refractivity contribution in [2.24, 2.45) is 0 Å². The lowest BCUT2D eigenvalue weighted by Crippen LogP contribution is -2.38. The Kier molecular flexibility index (Phi) is 11.3. The van der Waals surface area contributed by atoms with E-state index in [4.69, 9.17) is 33.3 Å². The molecule has 3 fully saturated rings. The van der Waals surface area contributed by atoms with Crippen LogP contribution in [-0.4, -0.2) is 95.0 Å². The molecule has 2 unspecified atom stereocenters. The van der Waals surface area contributed by atoms with Crippen molar-refractivity contribution in [3.8, 4) is 5.75 Å². The van der Waals surface area contributed by atoms with Crippen molar-refractivity contribution in [2.75, 3.05) is 24.3 Å². The van der Waals surface area contributed by atoms with Crippen LogP contribution in [0.2, 0.25) is 0 Å². The highest BCUT2D eigenvalue weighted by molar-refractivity contribution is 8.54. The van der Waals surface area contributed by atoms with Gasteiger partial charge in [0.25, 0.3) is 11.5 Å². The molecule has 26 heteroatoms. The minimum atomic E-state index is -5.30. The number of hydrogen-bond acceptors (Lipinski definition) is 17. The second kappa shape index (κ2) is 16.3. The Morgan fingerprint density at radius 3 is 2.27 bits per heavy atom. The maximum absolute atomic E-state index is 16.5. The van der Waals surface area contributed by atoms with E-state index < -0.39 is 94.2 Å². The summed E-state index contributed by atoms with van der Waals surface area (Å²) in [5, 5.41) is 12.2. The lowest BCUT2D eigenvalue weighted by Gasteiger charge is -2.27. The number of phosphoric ester groups is 1. The number of nitrogens with one attached hydrogen (secondary N) is 2. The maximum atomic E-state index is 16.5. The van der Waals surface area contributed by atoms with Crippen molar-refractivity contribution in [2.45, 2.75) is 55.0 Å². The Morgan fingerprint density at radius 2 is 1.58 bits per heavy atom. The molecule has 6 heterocycles. The van der Waals surface area contributed by atoms with E-state index in [1.807, 2.05) is 4.98 Å². The molecule has 0 saturated carbocycles. The highest BCUT2D eigenvalue weighted by Crippen LogP contribution is 2.65. The van der Waals surface area contributed by atoms with Crippen LogP contribution in [0.4, 0.5) is 20.3 Å². The molecule has 3 saturated heterocycles. The number of benzene rings is 2. The number of H-pyrrole nitrogens is 1. The molecule has 3 aliphatic rings. The van der Waals surface area contributed by atoms with Gasteiger partial charge in [0.15, 0.2) is 36.3 Å². The molecule has 0 aliphatic carbocycles. The quantitative estimate of drug-likeness (QED) is 0.147. The SMILES string of the molecule is Nc1ncnc2c1ncn2[C@@H]1O[C@@H]2COP(=O)(O)O[C@@H]3[C@H](F)[C@@H](COP(=O)(SCc4ccc(NC(=O)c5ccc(O)cc5)cc4)O[C@@H]1[C@@H]2F)O[C@H]3n1ccc(=O)[nH]c1=O. The summed E-state index contributed by atoms with van der Waals surface area (Å²) >= 11 is 0.592. The number of nitrogens with two attached hydrogens (primary N) is 1. The smallest absolute Gasteiger partial charge is 0.472 e. The minimum absolute atomic E-state index is 0.00631. The highest BCUT2D eigenvalue weighted by atomic mass is 32.7. The Bertz CT molecular complexity index is 2590. The normalized spacial score (nSPS) is 31.2. The summed E-state index contributed by atoms with van der Waals surface area (Å²) in [6.45, 7) is -6.53. The van der Waals surface area contributed by atoms with Crippen LogP contribution in [0.15, 0.2) is 83.0 Å². The van der Waals surface area contributed by atoms with Crippen molar-refractivity contribution >= 4 is 54.6 Å². The summed E-state index contributed by atoms with van der Waals surface area (Å²) in [4.78, 5) is 62.0. The lowest BCUT2D eigenvalue weighted by atomic mass is 10.1. The van der Waals surface area contributed by atoms with Gasteiger partial charge >= 0.3 is 20.3 Å². The number of alkyl halides is 2. The number of aromatic amines is 1. The fraction of sp³-hybridized carbons (Fsp3) is 0.333. The van der Waals surface area contributed by atoms with E-state index in [2.05, 4.69) is 20.3 Å². The number of fused-ring (bicyclic) bond motifs is 5. The van der Waals surface area contributed by atoms with Crippen molar-refractivity contribution in [3.63, 3.8) is 0 Å². The third kappa shape index (κ3) is 8.59. The number of phenolic OH excluding ortho intramolecular Hbond substituents is 1. The van der Waals surface area contributed by atoms with E-state index in [9.17, 15) is 33.5 Å². The average Bonchev–Trinajstić information content (AvgIpc) is 3.86. The van der Waals surface area contributed by atoms with Gasteiger partial charge in [-0.2, -0.15) is 0 Å². The van der Waals surface area contributed by atoms with Crippen molar-refractivity contribution in [1.29, 1.82) is 0 Å². The first-order chi connectivity index (χ1) is 28.2. The molecule has 3 aliphatic heterocycles. The van der Waals surface area contributed by atoms with E-state index in [0.29, 0.717) is 32.8 Å². The molecule has 0 spiro atoms. The van der Waals surface area contributed by atoms with Gasteiger partial charge in [-0.05, 0) is 53.3 Å². The summed E-state index contributed by atoms with van der Waals surface area (Å²) in [6, 6.07) is 12.9. The third-order valence-electron chi connectivity index (χ3n) is 9.35. The van der Waals surface area contributed by atoms with Crippen LogP contribution < -0.4 is 22.3 Å². The first-order valence-corrected chi connectivity index (χ1v) is 22.1. The van der Waals surface area contributed by atoms with Gasteiger partial charge in [0.2, 0.25) is 0 Å². The molecular formula is C33H32F2N8O13P2S. The van der Waals surface area contributed by atoms with Crippen LogP contribution in [0.25, 0.3) is 11.2 Å². The molecule has 0 radical (unpaired) electrons. The fourth-order valence-electron chi connectivity index (χ4n) is 6.43. The fourth-order valence-corrected chi connectivity index (χ4v) is 10.7. The largest absolute Gasteiger partial charge is 0.508 e. The molecule has 21 nitrogen and oxygen atoms in total. The first-order valence-electron chi connectivity index (χ1n) is 17.4. The molecule has 6 N–H and O–H groups in total. The van der Waals surface area contributed by atoms with E-state index >= 15 is 8.78 Å². The number of aromatic nitrogens is 6. The maximum Gasteiger partial charge on any atom is 0.472 e. The number of carbonyl (C=O) groups excluding carboxylic acids is 1. The number of rotatable bonds is 7. The Hall–Kier alpha value is -4.87. The van der Waals surface area contributed by atoms with Gasteiger partial charge in [-0.3, -0.25) is 41.8 Å². The Morgan fingerprint density at radius 1 is 0.915 bits per heavy atom. The van der Waals surface area contributed by atoms with Crippen molar-refractivity contribution in [1.82, 2.24) is 29.1 Å². The number of nitrogen functional groups attached to an aromatic ring is 1. The summed E-state index contributed by atoms with van der Waals surface area (Å²) in [7, 11) is -5.30. The van der Waals surface area contributed by atoms with E-state index in [0.717, 1.165) is 18.6 Å². The van der Waals surface area contributed by atoms with E-state index in [1.165, 1.54) is 35.2 Å². The zero-order chi connectivity index (χ0) is 41.6. The number of phenols is 1. The topological polar surface area (TPSA) is 284 Å². The van der Waals surface area contributed by atoms with Gasteiger partial charge < -0.3 is 30.5 Å². The second-order valence-corrected chi connectivity index (χ2v) is 18.7. The van der Waals surface area contributed by atoms with Gasteiger partial charge in [-0.15, -0.1) is 0 Å². The number of phosphoric acid groups is 1. The number of amides is 1. The number of carbonyl (C=O) groups is 1. The van der Waals surface area contributed by atoms with E-state index in [1.54, 1.807) is 24.3 Å². The molecule has 59 heavy (non-hydrogen) atoms. The lowest BCUT2D eigenvalue weighted by molar-refractivity contribution is -0.0650. The molecule has 4 bridgehead atoms. The minimum Gasteiger partial charge on any atom is -0.508 e. The number of aromatic hydroxyl groups is 1. The summed E-state index contributed by atoms with van der Waals surface area (Å²) in [5.41, 5.74) is 5.47. The molecular weight excluding hydrogens is 848 g/mol. The summed E-state index contributed by atoms with van der Waals surface area (Å²) < 4.78 is 96.5. The number of hydrogen-bond donors (Lipinski definition) is 5. The number of halogens is 2. The van der Waals surface area contributed by atoms with Gasteiger partial charge in [0.1, 0.15) is 42.0 Å². The predicted octanol–water partition coefficient (Wildman–Crippen LogP) is 3.35. The molecule has 1 amide bonds. The third-order valence-corrected chi connectivity index (χ3v) is 14.0. The molecule has 5 aromatic rings. The van der Waals surface area contributed by atoms with Crippen LogP contribution in [0.1, 0.15) is 28.4 Å². The molecule has 2 aromatic carbocycles. The van der Waals surface area contributed by atoms with Crippen molar-refractivity contribution < 1.29 is 60.3 Å². The average molecular weight is 881 g/mol. The zero-order valence-electron chi connectivity index (χ0n) is 29.9. The number of nitrogens with zero attached hydrogens (tertiary/aromatic N) is 5. The first kappa shape index (κ1) is 40.9. The summed E-state index contributed by atoms with van der Waals surface area (Å²) in [5.74, 6) is -0.583. The molecule has 10 atom stereocenters.